The maximum atomic E-state index is 9.72. The molecule has 3 N–H and O–H groups in total. The molecule has 0 amide bonds. The van der Waals surface area contributed by atoms with Gasteiger partial charge in [0.2, 0.25) is 0 Å². The molecule has 0 bridgehead atoms. The molecule has 0 saturated carbocycles. The van der Waals surface area contributed by atoms with Crippen molar-refractivity contribution in [2.24, 2.45) is 0 Å². The van der Waals surface area contributed by atoms with Gasteiger partial charge in [-0.25, -0.2) is 4.79 Å². The Hall–Kier alpha value is -0.360. The van der Waals surface area contributed by atoms with Crippen molar-refractivity contribution >= 4 is 41.5 Å². The predicted molar refractivity (Wildman–Crippen MR) is 53.5 cm³/mol. The van der Waals surface area contributed by atoms with Gasteiger partial charge >= 0.3 is 41.5 Å². The summed E-state index contributed by atoms with van der Waals surface area (Å²) in [7, 11) is 0. The van der Waals surface area contributed by atoms with Crippen LogP contribution in [0.25, 0.3) is 0 Å². The number of allylic oxidation sites excluding steroid dienone is 1. The van der Waals surface area contributed by atoms with Gasteiger partial charge in [0.15, 0.2) is 6.10 Å². The number of carbonyl (C=O) groups is 2. The summed E-state index contributed by atoms with van der Waals surface area (Å²) in [4.78, 5) is 19.4. The van der Waals surface area contributed by atoms with Gasteiger partial charge in [-0.3, -0.25) is 4.79 Å². The van der Waals surface area contributed by atoms with Crippen LogP contribution < -0.4 is 0 Å². The molecule has 0 spiro atoms. The van der Waals surface area contributed by atoms with Gasteiger partial charge in [-0.2, -0.15) is 0 Å². The van der Waals surface area contributed by atoms with Crippen molar-refractivity contribution in [3.05, 3.63) is 12.2 Å². The molecular formula is C8H15NaO5. The Morgan fingerprint density at radius 1 is 1.29 bits per heavy atom. The van der Waals surface area contributed by atoms with E-state index in [1.54, 1.807) is 0 Å². The molecule has 0 aromatic carbocycles. The van der Waals surface area contributed by atoms with E-state index in [0.29, 0.717) is 0 Å². The van der Waals surface area contributed by atoms with Crippen molar-refractivity contribution in [3.63, 3.8) is 0 Å². The minimum absolute atomic E-state index is 0. The Kier molecular flexibility index (Phi) is 14.7. The molecule has 0 aromatic heterocycles. The first-order chi connectivity index (χ1) is 5.77. The van der Waals surface area contributed by atoms with E-state index < -0.39 is 24.5 Å². The molecule has 0 aromatic rings. The number of aliphatic hydroxyl groups is 1. The molecule has 0 saturated heterocycles. The van der Waals surface area contributed by atoms with Crippen molar-refractivity contribution in [1.82, 2.24) is 0 Å². The van der Waals surface area contributed by atoms with Gasteiger partial charge in [-0.1, -0.05) is 5.57 Å². The number of hydrogen-bond acceptors (Lipinski definition) is 3. The quantitative estimate of drug-likeness (QED) is 0.448. The minimum atomic E-state index is -1.79. The predicted octanol–water partition coefficient (Wildman–Crippen LogP) is -0.159. The van der Waals surface area contributed by atoms with E-state index in [-0.39, 0.29) is 29.6 Å². The van der Waals surface area contributed by atoms with Gasteiger partial charge < -0.3 is 15.3 Å². The average Bonchev–Trinajstić information content (AvgIpc) is 1.83. The summed E-state index contributed by atoms with van der Waals surface area (Å²) in [6, 6.07) is 0. The van der Waals surface area contributed by atoms with Gasteiger partial charge in [0.25, 0.3) is 0 Å². The first-order valence-electron chi connectivity index (χ1n) is 3.52. The number of aliphatic carboxylic acids is 2. The molecule has 0 radical (unpaired) electrons. The van der Waals surface area contributed by atoms with Crippen LogP contribution in [0.1, 0.15) is 20.3 Å². The normalized spacial score (nSPS) is 9.93. The number of aliphatic hydroxyl groups excluding tert-OH is 1. The summed E-state index contributed by atoms with van der Waals surface area (Å²) in [6.45, 7) is 7.50. The molecule has 6 heteroatoms. The Morgan fingerprint density at radius 2 is 1.57 bits per heavy atom. The number of carboxylic acids is 2. The fourth-order valence-electron chi connectivity index (χ4n) is 0.253. The van der Waals surface area contributed by atoms with Gasteiger partial charge in [-0.05, 0) is 13.8 Å². The zero-order valence-electron chi connectivity index (χ0n) is 7.65. The van der Waals surface area contributed by atoms with Crippen LogP contribution in [0, 0.1) is 0 Å². The maximum absolute atomic E-state index is 9.72. The summed E-state index contributed by atoms with van der Waals surface area (Å²) in [5, 5.41) is 24.1. The van der Waals surface area contributed by atoms with E-state index in [1.807, 2.05) is 13.8 Å². The summed E-state index contributed by atoms with van der Waals surface area (Å²) in [6.07, 6.45) is -2.54. The van der Waals surface area contributed by atoms with Crippen molar-refractivity contribution in [2.75, 3.05) is 0 Å². The van der Waals surface area contributed by atoms with Crippen LogP contribution >= 0.6 is 0 Å². The molecule has 5 nitrogen and oxygen atoms in total. The summed E-state index contributed by atoms with van der Waals surface area (Å²) >= 11 is 0. The first-order valence-corrected chi connectivity index (χ1v) is 3.52. The van der Waals surface area contributed by atoms with Crippen LogP contribution in [-0.4, -0.2) is 62.9 Å². The van der Waals surface area contributed by atoms with E-state index in [1.165, 1.54) is 5.57 Å². The number of carboxylic acid groups (broad SMARTS) is 2. The van der Waals surface area contributed by atoms with E-state index >= 15 is 0 Å². The molecule has 0 heterocycles. The molecular weight excluding hydrogens is 199 g/mol. The fourth-order valence-corrected chi connectivity index (χ4v) is 0.253. The van der Waals surface area contributed by atoms with Crippen molar-refractivity contribution in [3.8, 4) is 0 Å². The van der Waals surface area contributed by atoms with Gasteiger partial charge in [0, 0.05) is 0 Å². The topological polar surface area (TPSA) is 94.8 Å². The standard InChI is InChI=1S/C4H6O5.C4H8.Na.H/c5-2(4(8)9)1-3(6)7;1-4(2)3;;/h2,5H,1H2,(H,6,7)(H,8,9);1H2,2-3H3;;. The van der Waals surface area contributed by atoms with Crippen molar-refractivity contribution in [2.45, 2.75) is 26.4 Å². The summed E-state index contributed by atoms with van der Waals surface area (Å²) < 4.78 is 0. The van der Waals surface area contributed by atoms with Gasteiger partial charge in [0.05, 0.1) is 6.42 Å². The second-order valence-corrected chi connectivity index (χ2v) is 2.66. The van der Waals surface area contributed by atoms with E-state index in [9.17, 15) is 9.59 Å². The zero-order valence-corrected chi connectivity index (χ0v) is 7.65. The molecule has 0 rings (SSSR count). The van der Waals surface area contributed by atoms with Gasteiger partial charge in [0.1, 0.15) is 0 Å². The molecule has 0 fully saturated rings. The van der Waals surface area contributed by atoms with E-state index in [2.05, 4.69) is 6.58 Å². The zero-order chi connectivity index (χ0) is 11.0. The fraction of sp³-hybridized carbons (Fsp3) is 0.500. The molecule has 0 aliphatic rings. The second-order valence-electron chi connectivity index (χ2n) is 2.66. The Morgan fingerprint density at radius 3 is 1.64 bits per heavy atom. The average molecular weight is 214 g/mol. The Balaban J connectivity index is -0.000000209. The van der Waals surface area contributed by atoms with Crippen molar-refractivity contribution in [1.29, 1.82) is 0 Å². The van der Waals surface area contributed by atoms with E-state index in [0.717, 1.165) is 0 Å². The van der Waals surface area contributed by atoms with Crippen LogP contribution in [0.2, 0.25) is 0 Å². The van der Waals surface area contributed by atoms with E-state index in [4.69, 9.17) is 15.3 Å². The van der Waals surface area contributed by atoms with Crippen LogP contribution in [0.4, 0.5) is 0 Å². The monoisotopic (exact) mass is 214 g/mol. The molecule has 78 valence electrons. The number of rotatable bonds is 3. The third-order valence-corrected chi connectivity index (χ3v) is 0.653. The Bertz CT molecular complexity index is 198. The second kappa shape index (κ2) is 10.7. The van der Waals surface area contributed by atoms with Crippen LogP contribution in [-0.2, 0) is 9.59 Å². The molecule has 0 aliphatic heterocycles. The van der Waals surface area contributed by atoms with Crippen LogP contribution in [0.15, 0.2) is 12.2 Å². The molecule has 1 atom stereocenters. The summed E-state index contributed by atoms with van der Waals surface area (Å²) in [5.41, 5.74) is 1.17. The molecule has 0 aliphatic carbocycles. The third kappa shape index (κ3) is 22.6. The Labute approximate surface area is 105 Å². The van der Waals surface area contributed by atoms with Crippen molar-refractivity contribution < 1.29 is 24.9 Å². The summed E-state index contributed by atoms with van der Waals surface area (Å²) in [5.74, 6) is -2.85. The van der Waals surface area contributed by atoms with Gasteiger partial charge in [-0.15, -0.1) is 6.58 Å². The molecule has 1 unspecified atom stereocenters. The SMILES string of the molecule is C=C(C)C.O=C(O)CC(O)C(=O)O.[NaH]. The van der Waals surface area contributed by atoms with Crippen LogP contribution in [0.3, 0.4) is 0 Å². The first kappa shape index (κ1) is 19.2. The number of hydrogen-bond donors (Lipinski definition) is 3. The third-order valence-electron chi connectivity index (χ3n) is 0.653. The molecule has 14 heavy (non-hydrogen) atoms. The van der Waals surface area contributed by atoms with Crippen LogP contribution in [0.5, 0.6) is 0 Å².